The van der Waals surface area contributed by atoms with Crippen LogP contribution in [-0.4, -0.2) is 55.0 Å². The quantitative estimate of drug-likeness (QED) is 0.788. The van der Waals surface area contributed by atoms with E-state index in [2.05, 4.69) is 15.5 Å². The van der Waals surface area contributed by atoms with Gasteiger partial charge in [0.05, 0.1) is 6.54 Å². The molecule has 1 aliphatic rings. The maximum Gasteiger partial charge on any atom is 0.238 e. The Kier molecular flexibility index (Phi) is 6.66. The minimum Gasteiger partial charge on any atom is -0.325 e. The molecule has 1 saturated heterocycles. The zero-order valence-electron chi connectivity index (χ0n) is 11.4. The molecule has 0 unspecified atom stereocenters. The van der Waals surface area contributed by atoms with Gasteiger partial charge in [0, 0.05) is 48.4 Å². The minimum atomic E-state index is -0.0264. The van der Waals surface area contributed by atoms with Crippen LogP contribution < -0.4 is 10.6 Å². The van der Waals surface area contributed by atoms with Crippen LogP contribution in [0.5, 0.6) is 0 Å². The lowest BCUT2D eigenvalue weighted by molar-refractivity contribution is -0.115. The number of benzene rings is 1. The van der Waals surface area contributed by atoms with E-state index in [0.717, 1.165) is 31.9 Å². The molecule has 0 aliphatic carbocycles. The van der Waals surface area contributed by atoms with Crippen LogP contribution in [0.4, 0.5) is 5.69 Å². The molecule has 0 radical (unpaired) electrons. The summed E-state index contributed by atoms with van der Waals surface area (Å²) in [6.45, 7) is 4.51. The first kappa shape index (κ1) is 15.6. The van der Waals surface area contributed by atoms with Gasteiger partial charge in [-0.15, -0.1) is 0 Å². The second-order valence-electron chi connectivity index (χ2n) is 4.69. The van der Waals surface area contributed by atoms with Gasteiger partial charge in [0.15, 0.2) is 0 Å². The summed E-state index contributed by atoms with van der Waals surface area (Å²) in [6, 6.07) is 7.12. The van der Waals surface area contributed by atoms with Gasteiger partial charge in [-0.2, -0.15) is 11.8 Å². The molecular weight excluding hydrogens is 294 g/mol. The Morgan fingerprint density at radius 3 is 2.65 bits per heavy atom. The minimum absolute atomic E-state index is 0.0264. The predicted octanol–water partition coefficient (Wildman–Crippen LogP) is 1.92. The zero-order valence-corrected chi connectivity index (χ0v) is 13.0. The van der Waals surface area contributed by atoms with Crippen molar-refractivity contribution in [2.24, 2.45) is 0 Å². The van der Waals surface area contributed by atoms with Gasteiger partial charge in [-0.25, -0.2) is 0 Å². The molecule has 1 aliphatic heterocycles. The molecule has 6 heteroatoms. The first-order valence-electron chi connectivity index (χ1n) is 6.80. The number of nitrogens with one attached hydrogen (secondary N) is 2. The van der Waals surface area contributed by atoms with Crippen LogP contribution in [0.2, 0.25) is 5.02 Å². The van der Waals surface area contributed by atoms with E-state index in [9.17, 15) is 4.79 Å². The van der Waals surface area contributed by atoms with Crippen molar-refractivity contribution < 1.29 is 4.79 Å². The summed E-state index contributed by atoms with van der Waals surface area (Å²) in [5, 5.41) is 6.68. The molecule has 2 N–H and O–H groups in total. The lowest BCUT2D eigenvalue weighted by atomic mass is 10.3. The summed E-state index contributed by atoms with van der Waals surface area (Å²) < 4.78 is 0. The number of carbonyl (C=O) groups excluding carboxylic acids is 1. The first-order chi connectivity index (χ1) is 9.74. The molecule has 0 spiro atoms. The van der Waals surface area contributed by atoms with E-state index in [1.807, 2.05) is 11.8 Å². The van der Waals surface area contributed by atoms with Crippen LogP contribution >= 0.6 is 23.4 Å². The number of rotatable bonds is 6. The fourth-order valence-electron chi connectivity index (χ4n) is 2.00. The van der Waals surface area contributed by atoms with Gasteiger partial charge in [-0.3, -0.25) is 4.79 Å². The Morgan fingerprint density at radius 2 is 1.95 bits per heavy atom. The molecule has 0 bridgehead atoms. The number of nitrogens with zero attached hydrogens (tertiary/aromatic N) is 1. The summed E-state index contributed by atoms with van der Waals surface area (Å²) in [5.41, 5.74) is 0.772. The number of amides is 1. The second-order valence-corrected chi connectivity index (χ2v) is 6.35. The Hall–Kier alpha value is -0.750. The highest BCUT2D eigenvalue weighted by Crippen LogP contribution is 2.13. The van der Waals surface area contributed by atoms with E-state index in [0.29, 0.717) is 11.6 Å². The number of thioether (sulfide) groups is 1. The van der Waals surface area contributed by atoms with Crippen molar-refractivity contribution in [2.45, 2.75) is 0 Å². The van der Waals surface area contributed by atoms with Gasteiger partial charge in [-0.1, -0.05) is 11.6 Å². The summed E-state index contributed by atoms with van der Waals surface area (Å²) in [7, 11) is 0. The molecule has 0 saturated carbocycles. The molecule has 1 heterocycles. The van der Waals surface area contributed by atoms with Crippen LogP contribution in [-0.2, 0) is 4.79 Å². The summed E-state index contributed by atoms with van der Waals surface area (Å²) in [4.78, 5) is 14.2. The molecule has 1 amide bonds. The number of hydrogen-bond acceptors (Lipinski definition) is 4. The largest absolute Gasteiger partial charge is 0.325 e. The first-order valence-corrected chi connectivity index (χ1v) is 8.33. The number of halogens is 1. The van der Waals surface area contributed by atoms with E-state index in [4.69, 9.17) is 11.6 Å². The van der Waals surface area contributed by atoms with E-state index < -0.39 is 0 Å². The average Bonchev–Trinajstić information content (AvgIpc) is 2.47. The molecule has 1 fully saturated rings. The zero-order chi connectivity index (χ0) is 14.2. The van der Waals surface area contributed by atoms with Crippen molar-refractivity contribution >= 4 is 35.0 Å². The highest BCUT2D eigenvalue weighted by atomic mass is 35.5. The number of anilines is 1. The smallest absolute Gasteiger partial charge is 0.238 e. The van der Waals surface area contributed by atoms with E-state index in [-0.39, 0.29) is 5.91 Å². The van der Waals surface area contributed by atoms with E-state index in [1.165, 1.54) is 11.5 Å². The van der Waals surface area contributed by atoms with Crippen LogP contribution in [0, 0.1) is 0 Å². The third kappa shape index (κ3) is 5.71. The van der Waals surface area contributed by atoms with Crippen LogP contribution in [0.1, 0.15) is 0 Å². The number of carbonyl (C=O) groups is 1. The predicted molar refractivity (Wildman–Crippen MR) is 86.7 cm³/mol. The van der Waals surface area contributed by atoms with Crippen molar-refractivity contribution in [1.29, 1.82) is 0 Å². The summed E-state index contributed by atoms with van der Waals surface area (Å²) >= 11 is 7.80. The average molecular weight is 314 g/mol. The van der Waals surface area contributed by atoms with Gasteiger partial charge >= 0.3 is 0 Å². The van der Waals surface area contributed by atoms with Crippen molar-refractivity contribution in [3.8, 4) is 0 Å². The van der Waals surface area contributed by atoms with Gasteiger partial charge in [0.2, 0.25) is 5.91 Å². The lowest BCUT2D eigenvalue weighted by Crippen LogP contribution is -2.39. The standard InChI is InChI=1S/C14H20ClN3OS/c15-12-1-3-13(4-2-12)17-14(19)11-16-5-6-18-7-9-20-10-8-18/h1-4,16H,5-11H2,(H,17,19). The van der Waals surface area contributed by atoms with Gasteiger partial charge in [0.25, 0.3) is 0 Å². The molecule has 0 atom stereocenters. The van der Waals surface area contributed by atoms with E-state index >= 15 is 0 Å². The molecule has 1 aromatic rings. The maximum atomic E-state index is 11.7. The van der Waals surface area contributed by atoms with Crippen LogP contribution in [0.25, 0.3) is 0 Å². The Balaban J connectivity index is 1.59. The molecule has 1 aromatic carbocycles. The topological polar surface area (TPSA) is 44.4 Å². The maximum absolute atomic E-state index is 11.7. The van der Waals surface area contributed by atoms with Crippen LogP contribution in [0.15, 0.2) is 24.3 Å². The Morgan fingerprint density at radius 1 is 1.25 bits per heavy atom. The Bertz CT molecular complexity index is 421. The van der Waals surface area contributed by atoms with Crippen molar-refractivity contribution in [3.05, 3.63) is 29.3 Å². The van der Waals surface area contributed by atoms with Gasteiger partial charge in [0.1, 0.15) is 0 Å². The summed E-state index contributed by atoms with van der Waals surface area (Å²) in [5.74, 6) is 2.41. The van der Waals surface area contributed by atoms with Gasteiger partial charge < -0.3 is 15.5 Å². The second kappa shape index (κ2) is 8.52. The fourth-order valence-corrected chi connectivity index (χ4v) is 3.11. The lowest BCUT2D eigenvalue weighted by Gasteiger charge is -2.25. The van der Waals surface area contributed by atoms with Crippen molar-refractivity contribution in [1.82, 2.24) is 10.2 Å². The SMILES string of the molecule is O=C(CNCCN1CCSCC1)Nc1ccc(Cl)cc1. The molecule has 2 rings (SSSR count). The van der Waals surface area contributed by atoms with Crippen molar-refractivity contribution in [3.63, 3.8) is 0 Å². The van der Waals surface area contributed by atoms with Gasteiger partial charge in [-0.05, 0) is 24.3 Å². The molecule has 110 valence electrons. The fraction of sp³-hybridized carbons (Fsp3) is 0.500. The third-order valence-corrected chi connectivity index (χ3v) is 4.32. The monoisotopic (exact) mass is 313 g/mol. The number of hydrogen-bond donors (Lipinski definition) is 2. The normalized spacial score (nSPS) is 16.1. The van der Waals surface area contributed by atoms with E-state index in [1.54, 1.807) is 24.3 Å². The molecule has 20 heavy (non-hydrogen) atoms. The molecule has 0 aromatic heterocycles. The van der Waals surface area contributed by atoms with Crippen LogP contribution in [0.3, 0.4) is 0 Å². The summed E-state index contributed by atoms with van der Waals surface area (Å²) in [6.07, 6.45) is 0. The molecule has 4 nitrogen and oxygen atoms in total. The highest BCUT2D eigenvalue weighted by Gasteiger charge is 2.09. The Labute approximate surface area is 129 Å². The highest BCUT2D eigenvalue weighted by molar-refractivity contribution is 7.99. The molecular formula is C14H20ClN3OS. The van der Waals surface area contributed by atoms with Crippen molar-refractivity contribution in [2.75, 3.05) is 49.5 Å². The third-order valence-electron chi connectivity index (χ3n) is 3.12.